The first-order valence-electron chi connectivity index (χ1n) is 5.34. The second kappa shape index (κ2) is 8.04. The average molecular weight is 238 g/mol. The van der Waals surface area contributed by atoms with Crippen LogP contribution in [-0.4, -0.2) is 51.3 Å². The predicted molar refractivity (Wildman–Crippen MR) is 61.2 cm³/mol. The van der Waals surface area contributed by atoms with Gasteiger partial charge in [0.2, 0.25) is 10.0 Å². The third-order valence-corrected chi connectivity index (χ3v) is 3.77. The lowest BCUT2D eigenvalue weighted by Gasteiger charge is -2.20. The Bertz CT molecular complexity index is 236. The van der Waals surface area contributed by atoms with Gasteiger partial charge < -0.3 is 10.5 Å². The molecule has 0 amide bonds. The third-order valence-electron chi connectivity index (χ3n) is 1.93. The number of nitrogens with zero attached hydrogens (tertiary/aromatic N) is 1. The van der Waals surface area contributed by atoms with Crippen molar-refractivity contribution in [1.82, 2.24) is 4.31 Å². The van der Waals surface area contributed by atoms with E-state index < -0.39 is 10.0 Å². The van der Waals surface area contributed by atoms with Gasteiger partial charge in [-0.1, -0.05) is 6.92 Å². The molecule has 0 aromatic carbocycles. The molecule has 0 heterocycles. The molecule has 15 heavy (non-hydrogen) atoms. The highest BCUT2D eigenvalue weighted by molar-refractivity contribution is 7.89. The lowest BCUT2D eigenvalue weighted by molar-refractivity contribution is 0.162. The van der Waals surface area contributed by atoms with Gasteiger partial charge in [-0.3, -0.25) is 0 Å². The molecule has 0 aliphatic heterocycles. The topological polar surface area (TPSA) is 72.6 Å². The van der Waals surface area contributed by atoms with Gasteiger partial charge >= 0.3 is 0 Å². The Morgan fingerprint density at radius 2 is 1.93 bits per heavy atom. The van der Waals surface area contributed by atoms with Gasteiger partial charge in [-0.05, 0) is 13.3 Å². The third kappa shape index (κ3) is 6.09. The fourth-order valence-corrected chi connectivity index (χ4v) is 2.65. The highest BCUT2D eigenvalue weighted by Crippen LogP contribution is 2.02. The van der Waals surface area contributed by atoms with Crippen molar-refractivity contribution in [3.05, 3.63) is 0 Å². The van der Waals surface area contributed by atoms with Crippen LogP contribution in [0, 0.1) is 0 Å². The molecule has 0 unspecified atom stereocenters. The van der Waals surface area contributed by atoms with Crippen LogP contribution in [0.2, 0.25) is 0 Å². The number of ether oxygens (including phenoxy) is 1. The van der Waals surface area contributed by atoms with Crippen LogP contribution in [0.25, 0.3) is 0 Å². The highest BCUT2D eigenvalue weighted by atomic mass is 32.2. The van der Waals surface area contributed by atoms with E-state index in [4.69, 9.17) is 10.5 Å². The summed E-state index contributed by atoms with van der Waals surface area (Å²) in [5.74, 6) is 0.0425. The first kappa shape index (κ1) is 14.8. The minimum Gasteiger partial charge on any atom is -0.381 e. The van der Waals surface area contributed by atoms with Crippen LogP contribution in [0.4, 0.5) is 0 Å². The summed E-state index contributed by atoms with van der Waals surface area (Å²) in [7, 11) is -3.19. The molecule has 0 rings (SSSR count). The first-order valence-corrected chi connectivity index (χ1v) is 6.95. The van der Waals surface area contributed by atoms with E-state index in [1.807, 2.05) is 13.8 Å². The van der Waals surface area contributed by atoms with Gasteiger partial charge in [-0.2, -0.15) is 0 Å². The summed E-state index contributed by atoms with van der Waals surface area (Å²) in [5.41, 5.74) is 5.37. The second-order valence-electron chi connectivity index (χ2n) is 3.20. The largest absolute Gasteiger partial charge is 0.381 e. The monoisotopic (exact) mass is 238 g/mol. The van der Waals surface area contributed by atoms with Crippen molar-refractivity contribution >= 4 is 10.0 Å². The van der Waals surface area contributed by atoms with Crippen molar-refractivity contribution in [1.29, 1.82) is 0 Å². The lowest BCUT2D eigenvalue weighted by atomic mass is 10.5. The number of rotatable bonds is 9. The zero-order valence-electron chi connectivity index (χ0n) is 9.61. The molecule has 6 heteroatoms. The summed E-state index contributed by atoms with van der Waals surface area (Å²) < 4.78 is 30.0. The van der Waals surface area contributed by atoms with Gasteiger partial charge in [-0.25, -0.2) is 12.7 Å². The van der Waals surface area contributed by atoms with Crippen molar-refractivity contribution < 1.29 is 13.2 Å². The van der Waals surface area contributed by atoms with Crippen molar-refractivity contribution in [3.8, 4) is 0 Å². The Labute approximate surface area is 92.6 Å². The Balaban J connectivity index is 4.22. The average Bonchev–Trinajstić information content (AvgIpc) is 2.18. The normalized spacial score (nSPS) is 12.3. The summed E-state index contributed by atoms with van der Waals surface area (Å²) in [4.78, 5) is 0. The van der Waals surface area contributed by atoms with Gasteiger partial charge in [-0.15, -0.1) is 0 Å². The van der Waals surface area contributed by atoms with E-state index in [-0.39, 0.29) is 12.4 Å². The quantitative estimate of drug-likeness (QED) is 0.575. The highest BCUT2D eigenvalue weighted by Gasteiger charge is 2.19. The summed E-state index contributed by atoms with van der Waals surface area (Å²) in [6.45, 7) is 5.86. The molecule has 92 valence electrons. The van der Waals surface area contributed by atoms with Gasteiger partial charge in [0.1, 0.15) is 0 Å². The van der Waals surface area contributed by atoms with Gasteiger partial charge in [0.15, 0.2) is 0 Å². The molecule has 2 N–H and O–H groups in total. The molecule has 0 bridgehead atoms. The molecular formula is C9H22N2O3S. The van der Waals surface area contributed by atoms with E-state index >= 15 is 0 Å². The van der Waals surface area contributed by atoms with E-state index in [0.29, 0.717) is 26.2 Å². The number of hydrogen-bond acceptors (Lipinski definition) is 4. The van der Waals surface area contributed by atoms with Crippen LogP contribution in [0.15, 0.2) is 0 Å². The van der Waals surface area contributed by atoms with E-state index in [9.17, 15) is 8.42 Å². The van der Waals surface area contributed by atoms with E-state index in [2.05, 4.69) is 0 Å². The van der Waals surface area contributed by atoms with E-state index in [0.717, 1.165) is 6.42 Å². The van der Waals surface area contributed by atoms with Crippen molar-refractivity contribution in [2.45, 2.75) is 20.3 Å². The fourth-order valence-electron chi connectivity index (χ4n) is 1.22. The van der Waals surface area contributed by atoms with Crippen LogP contribution < -0.4 is 5.73 Å². The predicted octanol–water partition coefficient (Wildman–Crippen LogP) is 0.0234. The molecule has 0 aromatic heterocycles. The summed E-state index contributed by atoms with van der Waals surface area (Å²) in [6.07, 6.45) is 0.799. The molecule has 0 atom stereocenters. The molecule has 0 saturated heterocycles. The summed E-state index contributed by atoms with van der Waals surface area (Å²) in [5, 5.41) is 0. The lowest BCUT2D eigenvalue weighted by Crippen LogP contribution is -2.38. The molecule has 0 radical (unpaired) electrons. The summed E-state index contributed by atoms with van der Waals surface area (Å²) in [6, 6.07) is 0. The molecular weight excluding hydrogens is 216 g/mol. The van der Waals surface area contributed by atoms with Crippen molar-refractivity contribution in [2.24, 2.45) is 5.73 Å². The van der Waals surface area contributed by atoms with Gasteiger partial charge in [0.25, 0.3) is 0 Å². The zero-order chi connectivity index (χ0) is 11.7. The number of sulfonamides is 1. The maximum absolute atomic E-state index is 11.8. The van der Waals surface area contributed by atoms with Crippen LogP contribution in [-0.2, 0) is 14.8 Å². The van der Waals surface area contributed by atoms with Crippen LogP contribution in [0.3, 0.4) is 0 Å². The van der Waals surface area contributed by atoms with Crippen molar-refractivity contribution in [2.75, 3.05) is 38.6 Å². The Kier molecular flexibility index (Phi) is 7.95. The van der Waals surface area contributed by atoms with Gasteiger partial charge in [0, 0.05) is 26.2 Å². The minimum atomic E-state index is -3.19. The van der Waals surface area contributed by atoms with Crippen LogP contribution in [0.1, 0.15) is 20.3 Å². The zero-order valence-corrected chi connectivity index (χ0v) is 10.4. The molecule has 0 fully saturated rings. The molecule has 5 nitrogen and oxygen atoms in total. The molecule has 0 aliphatic carbocycles. The molecule has 0 saturated carbocycles. The van der Waals surface area contributed by atoms with Crippen LogP contribution in [0.5, 0.6) is 0 Å². The Hall–Kier alpha value is -0.170. The molecule has 0 aliphatic rings. The van der Waals surface area contributed by atoms with Crippen molar-refractivity contribution in [3.63, 3.8) is 0 Å². The SMILES string of the molecule is CCCN(CCN)S(=O)(=O)CCOCC. The maximum Gasteiger partial charge on any atom is 0.216 e. The van der Waals surface area contributed by atoms with E-state index in [1.54, 1.807) is 0 Å². The molecule has 0 aromatic rings. The summed E-state index contributed by atoms with van der Waals surface area (Å²) >= 11 is 0. The fraction of sp³-hybridized carbons (Fsp3) is 1.00. The van der Waals surface area contributed by atoms with Crippen LogP contribution >= 0.6 is 0 Å². The second-order valence-corrected chi connectivity index (χ2v) is 5.29. The smallest absolute Gasteiger partial charge is 0.216 e. The van der Waals surface area contributed by atoms with E-state index in [1.165, 1.54) is 4.31 Å². The van der Waals surface area contributed by atoms with Gasteiger partial charge in [0.05, 0.1) is 12.4 Å². The number of hydrogen-bond donors (Lipinski definition) is 1. The Morgan fingerprint density at radius 1 is 1.27 bits per heavy atom. The Morgan fingerprint density at radius 3 is 2.40 bits per heavy atom. The first-order chi connectivity index (χ1) is 7.08. The standard InChI is InChI=1S/C9H22N2O3S/c1-3-6-11(7-5-10)15(12,13)9-8-14-4-2/h3-10H2,1-2H3. The maximum atomic E-state index is 11.8. The minimum absolute atomic E-state index is 0.0425. The number of nitrogens with two attached hydrogens (primary N) is 1. The molecule has 0 spiro atoms.